The third-order valence-corrected chi connectivity index (χ3v) is 6.38. The number of allylic oxidation sites excluding steroid dienone is 2. The second-order valence-electron chi connectivity index (χ2n) is 4.98. The molecule has 1 aliphatic rings. The van der Waals surface area contributed by atoms with Gasteiger partial charge in [0.2, 0.25) is 0 Å². The quantitative estimate of drug-likeness (QED) is 0.690. The molecule has 0 nitrogen and oxygen atoms in total. The van der Waals surface area contributed by atoms with Crippen molar-refractivity contribution in [3.63, 3.8) is 0 Å². The van der Waals surface area contributed by atoms with E-state index >= 15 is 0 Å². The SMILES string of the molecule is CC1[Se]C(C)C(c2ccccc2)=C1c1ccccc1. The van der Waals surface area contributed by atoms with Gasteiger partial charge in [0, 0.05) is 0 Å². The van der Waals surface area contributed by atoms with E-state index in [1.807, 2.05) is 0 Å². The Morgan fingerprint density at radius 3 is 1.37 bits per heavy atom. The van der Waals surface area contributed by atoms with Crippen LogP contribution in [0.25, 0.3) is 11.1 Å². The molecule has 1 aliphatic heterocycles. The van der Waals surface area contributed by atoms with E-state index in [1.165, 1.54) is 11.1 Å². The van der Waals surface area contributed by atoms with Gasteiger partial charge in [-0.15, -0.1) is 0 Å². The minimum atomic E-state index is 0.663. The molecule has 0 aromatic heterocycles. The van der Waals surface area contributed by atoms with Crippen molar-refractivity contribution in [1.29, 1.82) is 0 Å². The van der Waals surface area contributed by atoms with Crippen LogP contribution in [0.1, 0.15) is 25.0 Å². The van der Waals surface area contributed by atoms with Gasteiger partial charge in [-0.25, -0.2) is 0 Å². The van der Waals surface area contributed by atoms with Crippen LogP contribution < -0.4 is 0 Å². The Bertz CT molecular complexity index is 530. The molecular formula is C18H18Se. The van der Waals surface area contributed by atoms with Crippen LogP contribution in [0, 0.1) is 0 Å². The van der Waals surface area contributed by atoms with Crippen LogP contribution in [0.5, 0.6) is 0 Å². The molecule has 0 spiro atoms. The maximum absolute atomic E-state index is 2.38. The molecule has 1 heteroatoms. The molecule has 0 saturated heterocycles. The molecule has 0 fully saturated rings. The van der Waals surface area contributed by atoms with E-state index in [-0.39, 0.29) is 0 Å². The van der Waals surface area contributed by atoms with Gasteiger partial charge in [-0.1, -0.05) is 0 Å². The van der Waals surface area contributed by atoms with Gasteiger partial charge in [0.15, 0.2) is 0 Å². The summed E-state index contributed by atoms with van der Waals surface area (Å²) in [5.41, 5.74) is 5.94. The normalized spacial score (nSPS) is 22.8. The van der Waals surface area contributed by atoms with Gasteiger partial charge in [-0.3, -0.25) is 0 Å². The molecule has 0 bridgehead atoms. The summed E-state index contributed by atoms with van der Waals surface area (Å²) in [5, 5.41) is 0. The molecule has 96 valence electrons. The summed E-state index contributed by atoms with van der Waals surface area (Å²) < 4.78 is 0. The van der Waals surface area contributed by atoms with Crippen molar-refractivity contribution in [3.05, 3.63) is 71.8 Å². The van der Waals surface area contributed by atoms with E-state index in [4.69, 9.17) is 0 Å². The number of hydrogen-bond donors (Lipinski definition) is 0. The minimum absolute atomic E-state index is 0.663. The van der Waals surface area contributed by atoms with Crippen molar-refractivity contribution >= 4 is 26.1 Å². The Balaban J connectivity index is 2.18. The molecule has 0 radical (unpaired) electrons. The molecule has 0 N–H and O–H groups in total. The summed E-state index contributed by atoms with van der Waals surface area (Å²) in [5.74, 6) is 0. The van der Waals surface area contributed by atoms with E-state index in [0.717, 1.165) is 0 Å². The Hall–Kier alpha value is -1.30. The predicted octanol–water partition coefficient (Wildman–Crippen LogP) is 4.93. The average molecular weight is 313 g/mol. The van der Waals surface area contributed by atoms with Crippen LogP contribution in [0.3, 0.4) is 0 Å². The second kappa shape index (κ2) is 5.36. The molecule has 2 aromatic carbocycles. The molecule has 2 aromatic rings. The topological polar surface area (TPSA) is 0 Å². The van der Waals surface area contributed by atoms with Gasteiger partial charge >= 0.3 is 121 Å². The third kappa shape index (κ3) is 2.41. The van der Waals surface area contributed by atoms with E-state index in [2.05, 4.69) is 74.5 Å². The van der Waals surface area contributed by atoms with Crippen LogP contribution in [0.4, 0.5) is 0 Å². The molecule has 19 heavy (non-hydrogen) atoms. The summed E-state index contributed by atoms with van der Waals surface area (Å²) in [6, 6.07) is 21.8. The first-order valence-corrected chi connectivity index (χ1v) is 8.75. The van der Waals surface area contributed by atoms with Gasteiger partial charge < -0.3 is 0 Å². The van der Waals surface area contributed by atoms with Crippen LogP contribution in [0.15, 0.2) is 60.7 Å². The first-order chi connectivity index (χ1) is 9.27. The van der Waals surface area contributed by atoms with Gasteiger partial charge in [0.1, 0.15) is 0 Å². The zero-order chi connectivity index (χ0) is 13.2. The zero-order valence-corrected chi connectivity index (χ0v) is 13.0. The summed E-state index contributed by atoms with van der Waals surface area (Å²) in [4.78, 5) is 1.42. The van der Waals surface area contributed by atoms with E-state index < -0.39 is 0 Å². The Morgan fingerprint density at radius 1 is 0.632 bits per heavy atom. The first kappa shape index (κ1) is 12.7. The molecule has 3 rings (SSSR count). The van der Waals surface area contributed by atoms with E-state index in [9.17, 15) is 0 Å². The van der Waals surface area contributed by atoms with Crippen LogP contribution in [-0.4, -0.2) is 15.0 Å². The fraction of sp³-hybridized carbons (Fsp3) is 0.222. The molecule has 2 unspecified atom stereocenters. The fourth-order valence-corrected chi connectivity index (χ4v) is 5.86. The third-order valence-electron chi connectivity index (χ3n) is 3.68. The summed E-state index contributed by atoms with van der Waals surface area (Å²) in [7, 11) is 0. The molecule has 0 saturated carbocycles. The maximum atomic E-state index is 2.38. The molecule has 0 amide bonds. The van der Waals surface area contributed by atoms with Gasteiger partial charge in [0.05, 0.1) is 0 Å². The van der Waals surface area contributed by atoms with Crippen molar-refractivity contribution in [2.45, 2.75) is 23.5 Å². The van der Waals surface area contributed by atoms with Crippen LogP contribution in [0.2, 0.25) is 9.63 Å². The predicted molar refractivity (Wildman–Crippen MR) is 84.3 cm³/mol. The molecule has 2 atom stereocenters. The molecule has 0 aliphatic carbocycles. The van der Waals surface area contributed by atoms with Gasteiger partial charge in [0.25, 0.3) is 0 Å². The van der Waals surface area contributed by atoms with E-state index in [0.29, 0.717) is 24.6 Å². The summed E-state index contributed by atoms with van der Waals surface area (Å²) in [6.07, 6.45) is 0. The Morgan fingerprint density at radius 2 is 1.00 bits per heavy atom. The molecule has 1 heterocycles. The van der Waals surface area contributed by atoms with E-state index in [1.54, 1.807) is 11.1 Å². The van der Waals surface area contributed by atoms with Crippen molar-refractivity contribution in [1.82, 2.24) is 0 Å². The Labute approximate surface area is 121 Å². The first-order valence-electron chi connectivity index (χ1n) is 6.77. The van der Waals surface area contributed by atoms with Gasteiger partial charge in [-0.05, 0) is 0 Å². The number of rotatable bonds is 2. The second-order valence-corrected chi connectivity index (χ2v) is 8.52. The van der Waals surface area contributed by atoms with Crippen molar-refractivity contribution < 1.29 is 0 Å². The monoisotopic (exact) mass is 314 g/mol. The average Bonchev–Trinajstić information content (AvgIpc) is 2.75. The van der Waals surface area contributed by atoms with Crippen LogP contribution in [-0.2, 0) is 0 Å². The standard InChI is InChI=1S/C18H18Se/c1-13-17(15-9-5-3-6-10-15)18(14(2)19-13)16-11-7-4-8-12-16/h3-14H,1-2H3. The Kier molecular flexibility index (Phi) is 3.59. The van der Waals surface area contributed by atoms with Gasteiger partial charge in [-0.2, -0.15) is 0 Å². The number of hydrogen-bond acceptors (Lipinski definition) is 0. The fourth-order valence-electron chi connectivity index (χ4n) is 2.90. The zero-order valence-electron chi connectivity index (χ0n) is 11.3. The summed E-state index contributed by atoms with van der Waals surface area (Å²) >= 11 is 0.663. The molecular weight excluding hydrogens is 295 g/mol. The van der Waals surface area contributed by atoms with Crippen molar-refractivity contribution in [3.8, 4) is 0 Å². The summed E-state index contributed by atoms with van der Waals surface area (Å²) in [6.45, 7) is 4.77. The van der Waals surface area contributed by atoms with Crippen molar-refractivity contribution in [2.24, 2.45) is 0 Å². The van der Waals surface area contributed by atoms with Crippen molar-refractivity contribution in [2.75, 3.05) is 0 Å². The number of benzene rings is 2. The van der Waals surface area contributed by atoms with Crippen LogP contribution >= 0.6 is 0 Å².